The van der Waals surface area contributed by atoms with Crippen molar-refractivity contribution >= 4 is 39.1 Å². The molecule has 36 heavy (non-hydrogen) atoms. The zero-order chi connectivity index (χ0) is 27.0. The average molecular weight is 536 g/mol. The van der Waals surface area contributed by atoms with Crippen molar-refractivity contribution in [2.45, 2.75) is 60.0 Å². The van der Waals surface area contributed by atoms with Gasteiger partial charge in [-0.1, -0.05) is 43.6 Å². The van der Waals surface area contributed by atoms with Gasteiger partial charge in [-0.25, -0.2) is 8.42 Å². The molecule has 0 unspecified atom stereocenters. The van der Waals surface area contributed by atoms with Crippen LogP contribution in [-0.2, 0) is 26.2 Å². The molecule has 0 fully saturated rings. The van der Waals surface area contributed by atoms with Gasteiger partial charge < -0.3 is 10.2 Å². The van der Waals surface area contributed by atoms with Crippen LogP contribution in [0, 0.1) is 19.8 Å². The summed E-state index contributed by atoms with van der Waals surface area (Å²) in [4.78, 5) is 27.6. The van der Waals surface area contributed by atoms with E-state index in [2.05, 4.69) is 5.32 Å². The molecule has 2 aromatic carbocycles. The van der Waals surface area contributed by atoms with Gasteiger partial charge in [0.25, 0.3) is 0 Å². The molecule has 1 atom stereocenters. The second kappa shape index (κ2) is 13.1. The summed E-state index contributed by atoms with van der Waals surface area (Å²) in [5, 5.41) is 3.44. The Morgan fingerprint density at radius 1 is 1.03 bits per heavy atom. The number of sulfonamides is 1. The van der Waals surface area contributed by atoms with Crippen LogP contribution in [0.25, 0.3) is 0 Å². The standard InChI is InChI=1S/C27H38ClN3O4S/c1-19(2)17-29-27(33)22(5)30(18-23-9-7-10-24(28)16-23)26(32)11-8-14-31(36(6,34)35)25-13-12-20(3)21(4)15-25/h7,9-10,12-13,15-16,19,22H,8,11,14,17-18H2,1-6H3,(H,29,33)/t22-/m1/s1. The zero-order valence-corrected chi connectivity index (χ0v) is 23.6. The van der Waals surface area contributed by atoms with Crippen molar-refractivity contribution < 1.29 is 18.0 Å². The van der Waals surface area contributed by atoms with Gasteiger partial charge in [0.2, 0.25) is 21.8 Å². The maximum Gasteiger partial charge on any atom is 0.242 e. The van der Waals surface area contributed by atoms with E-state index >= 15 is 0 Å². The molecule has 2 rings (SSSR count). The first kappa shape index (κ1) is 29.6. The third-order valence-electron chi connectivity index (χ3n) is 6.02. The molecular formula is C27H38ClN3O4S. The lowest BCUT2D eigenvalue weighted by Gasteiger charge is -2.30. The number of hydrogen-bond donors (Lipinski definition) is 1. The molecule has 0 saturated carbocycles. The Hall–Kier alpha value is -2.58. The number of carbonyl (C=O) groups is 2. The van der Waals surface area contributed by atoms with E-state index in [9.17, 15) is 18.0 Å². The largest absolute Gasteiger partial charge is 0.354 e. The van der Waals surface area contributed by atoms with Crippen LogP contribution in [0.5, 0.6) is 0 Å². The number of nitrogens with zero attached hydrogens (tertiary/aromatic N) is 2. The van der Waals surface area contributed by atoms with Gasteiger partial charge in [-0.2, -0.15) is 0 Å². The van der Waals surface area contributed by atoms with Gasteiger partial charge in [0, 0.05) is 31.1 Å². The number of halogens is 1. The minimum absolute atomic E-state index is 0.0965. The van der Waals surface area contributed by atoms with E-state index in [1.165, 1.54) is 9.21 Å². The number of carbonyl (C=O) groups excluding carboxylic acids is 2. The maximum atomic E-state index is 13.3. The van der Waals surface area contributed by atoms with Crippen LogP contribution in [0.1, 0.15) is 50.3 Å². The molecule has 0 bridgehead atoms. The average Bonchev–Trinajstić information content (AvgIpc) is 2.79. The minimum Gasteiger partial charge on any atom is -0.354 e. The van der Waals surface area contributed by atoms with E-state index < -0.39 is 16.1 Å². The lowest BCUT2D eigenvalue weighted by atomic mass is 10.1. The molecule has 0 aliphatic heterocycles. The molecule has 0 saturated heterocycles. The molecule has 0 spiro atoms. The molecule has 2 aromatic rings. The Labute approximate surface area is 220 Å². The van der Waals surface area contributed by atoms with Gasteiger partial charge in [-0.05, 0) is 74.1 Å². The minimum atomic E-state index is -3.53. The summed E-state index contributed by atoms with van der Waals surface area (Å²) in [5.41, 5.74) is 3.45. The first-order chi connectivity index (χ1) is 16.8. The summed E-state index contributed by atoms with van der Waals surface area (Å²) in [6.07, 6.45) is 1.57. The van der Waals surface area contributed by atoms with Gasteiger partial charge in [0.1, 0.15) is 6.04 Å². The fourth-order valence-corrected chi connectivity index (χ4v) is 4.92. The predicted molar refractivity (Wildman–Crippen MR) is 147 cm³/mol. The number of anilines is 1. The fourth-order valence-electron chi connectivity index (χ4n) is 3.75. The smallest absolute Gasteiger partial charge is 0.242 e. The van der Waals surface area contributed by atoms with Gasteiger partial charge >= 0.3 is 0 Å². The molecule has 0 aliphatic carbocycles. The van der Waals surface area contributed by atoms with E-state index in [-0.39, 0.29) is 37.2 Å². The zero-order valence-electron chi connectivity index (χ0n) is 22.0. The van der Waals surface area contributed by atoms with Gasteiger partial charge in [-0.15, -0.1) is 0 Å². The van der Waals surface area contributed by atoms with E-state index in [0.717, 1.165) is 22.9 Å². The van der Waals surface area contributed by atoms with Crippen molar-refractivity contribution in [1.29, 1.82) is 0 Å². The second-order valence-corrected chi connectivity index (χ2v) is 12.0. The number of rotatable bonds is 12. The van der Waals surface area contributed by atoms with Crippen LogP contribution < -0.4 is 9.62 Å². The summed E-state index contributed by atoms with van der Waals surface area (Å²) in [6, 6.07) is 12.0. The molecule has 7 nitrogen and oxygen atoms in total. The summed E-state index contributed by atoms with van der Waals surface area (Å²) >= 11 is 6.13. The van der Waals surface area contributed by atoms with Gasteiger partial charge in [-0.3, -0.25) is 13.9 Å². The Bertz CT molecular complexity index is 1170. The monoisotopic (exact) mass is 535 g/mol. The molecule has 0 radical (unpaired) electrons. The van der Waals surface area contributed by atoms with Crippen LogP contribution in [0.3, 0.4) is 0 Å². The highest BCUT2D eigenvalue weighted by molar-refractivity contribution is 7.92. The van der Waals surface area contributed by atoms with E-state index in [0.29, 0.717) is 23.7 Å². The number of amides is 2. The molecule has 0 aromatic heterocycles. The molecule has 2 amide bonds. The van der Waals surface area contributed by atoms with E-state index in [4.69, 9.17) is 11.6 Å². The van der Waals surface area contributed by atoms with Crippen LogP contribution >= 0.6 is 11.6 Å². The van der Waals surface area contributed by atoms with Crippen molar-refractivity contribution in [3.8, 4) is 0 Å². The molecule has 0 heterocycles. The summed E-state index contributed by atoms with van der Waals surface area (Å²) in [5.74, 6) is -0.173. The molecule has 0 aliphatic rings. The molecule has 1 N–H and O–H groups in total. The Kier molecular flexibility index (Phi) is 10.8. The Balaban J connectivity index is 2.18. The van der Waals surface area contributed by atoms with Crippen molar-refractivity contribution in [3.05, 3.63) is 64.2 Å². The summed E-state index contributed by atoms with van der Waals surface area (Å²) in [7, 11) is -3.53. The first-order valence-corrected chi connectivity index (χ1v) is 14.4. The summed E-state index contributed by atoms with van der Waals surface area (Å²) in [6.45, 7) is 10.5. The molecule has 9 heteroatoms. The van der Waals surface area contributed by atoms with Crippen LogP contribution in [0.4, 0.5) is 5.69 Å². The van der Waals surface area contributed by atoms with E-state index in [1.807, 2.05) is 45.9 Å². The third-order valence-corrected chi connectivity index (χ3v) is 7.45. The highest BCUT2D eigenvalue weighted by atomic mass is 35.5. The van der Waals surface area contributed by atoms with E-state index in [1.54, 1.807) is 31.2 Å². The normalized spacial score (nSPS) is 12.3. The second-order valence-electron chi connectivity index (χ2n) is 9.67. The van der Waals surface area contributed by atoms with Gasteiger partial charge in [0.15, 0.2) is 0 Å². The number of aryl methyl sites for hydroxylation is 2. The van der Waals surface area contributed by atoms with Crippen molar-refractivity contribution in [2.24, 2.45) is 5.92 Å². The predicted octanol–water partition coefficient (Wildman–Crippen LogP) is 4.69. The third kappa shape index (κ3) is 8.82. The first-order valence-electron chi connectivity index (χ1n) is 12.2. The highest BCUT2D eigenvalue weighted by Gasteiger charge is 2.27. The fraction of sp³-hybridized carbons (Fsp3) is 0.481. The van der Waals surface area contributed by atoms with Crippen LogP contribution in [0.15, 0.2) is 42.5 Å². The maximum absolute atomic E-state index is 13.3. The Morgan fingerprint density at radius 2 is 1.72 bits per heavy atom. The topological polar surface area (TPSA) is 86.8 Å². The SMILES string of the molecule is Cc1ccc(N(CCCC(=O)N(Cc2cccc(Cl)c2)[C@H](C)C(=O)NCC(C)C)S(C)(=O)=O)cc1C. The lowest BCUT2D eigenvalue weighted by molar-refractivity contribution is -0.140. The molecule has 198 valence electrons. The van der Waals surface area contributed by atoms with Crippen molar-refractivity contribution in [2.75, 3.05) is 23.7 Å². The highest BCUT2D eigenvalue weighted by Crippen LogP contribution is 2.22. The van der Waals surface area contributed by atoms with Crippen LogP contribution in [0.2, 0.25) is 5.02 Å². The van der Waals surface area contributed by atoms with Gasteiger partial charge in [0.05, 0.1) is 11.9 Å². The summed E-state index contributed by atoms with van der Waals surface area (Å²) < 4.78 is 26.3. The van der Waals surface area contributed by atoms with Crippen molar-refractivity contribution in [3.63, 3.8) is 0 Å². The Morgan fingerprint density at radius 3 is 2.31 bits per heavy atom. The number of nitrogens with one attached hydrogen (secondary N) is 1. The lowest BCUT2D eigenvalue weighted by Crippen LogP contribution is -2.48. The quantitative estimate of drug-likeness (QED) is 0.427. The number of benzene rings is 2. The number of hydrogen-bond acceptors (Lipinski definition) is 4. The van der Waals surface area contributed by atoms with Crippen LogP contribution in [-0.4, -0.2) is 50.5 Å². The molecular weight excluding hydrogens is 498 g/mol. The van der Waals surface area contributed by atoms with Crippen molar-refractivity contribution in [1.82, 2.24) is 10.2 Å².